The molecule has 3 aromatic rings. The van der Waals surface area contributed by atoms with Crippen molar-refractivity contribution in [2.75, 3.05) is 13.7 Å². The smallest absolute Gasteiger partial charge is 0.193 e. The molecule has 1 aliphatic rings. The first-order chi connectivity index (χ1) is 12.8. The highest BCUT2D eigenvalue weighted by Crippen LogP contribution is 2.39. The zero-order valence-corrected chi connectivity index (χ0v) is 14.6. The molecule has 0 fully saturated rings. The Morgan fingerprint density at radius 1 is 1.00 bits per heavy atom. The van der Waals surface area contributed by atoms with Crippen molar-refractivity contribution in [1.29, 1.82) is 0 Å². The van der Waals surface area contributed by atoms with Gasteiger partial charge in [0.05, 0.1) is 13.7 Å². The maximum absolute atomic E-state index is 13.1. The fourth-order valence-corrected chi connectivity index (χ4v) is 3.52. The lowest BCUT2D eigenvalue weighted by atomic mass is 9.87. The molecule has 0 N–H and O–H groups in total. The lowest BCUT2D eigenvalue weighted by molar-refractivity contribution is 0.103. The van der Waals surface area contributed by atoms with E-state index in [1.54, 1.807) is 7.11 Å². The topological polar surface area (TPSA) is 35.5 Å². The van der Waals surface area contributed by atoms with E-state index in [1.807, 2.05) is 60.7 Å². The molecule has 0 aliphatic carbocycles. The van der Waals surface area contributed by atoms with Gasteiger partial charge in [0.1, 0.15) is 11.5 Å². The maximum Gasteiger partial charge on any atom is 0.193 e. The summed E-state index contributed by atoms with van der Waals surface area (Å²) in [7, 11) is 1.62. The van der Waals surface area contributed by atoms with Gasteiger partial charge in [-0.2, -0.15) is 0 Å². The summed E-state index contributed by atoms with van der Waals surface area (Å²) >= 11 is 0. The van der Waals surface area contributed by atoms with Crippen molar-refractivity contribution < 1.29 is 14.3 Å². The third-order valence-electron chi connectivity index (χ3n) is 4.84. The number of benzene rings is 3. The number of ether oxygens (including phenoxy) is 2. The highest BCUT2D eigenvalue weighted by Gasteiger charge is 2.29. The molecule has 0 radical (unpaired) electrons. The Labute approximate surface area is 153 Å². The van der Waals surface area contributed by atoms with Gasteiger partial charge in [-0.3, -0.25) is 4.79 Å². The van der Waals surface area contributed by atoms with E-state index in [-0.39, 0.29) is 11.7 Å². The van der Waals surface area contributed by atoms with Gasteiger partial charge >= 0.3 is 0 Å². The number of carbonyl (C=O) groups excluding carboxylic acids is 1. The summed E-state index contributed by atoms with van der Waals surface area (Å²) in [5.41, 5.74) is 3.66. The zero-order valence-electron chi connectivity index (χ0n) is 14.6. The van der Waals surface area contributed by atoms with E-state index < -0.39 is 0 Å². The first-order valence-corrected chi connectivity index (χ1v) is 8.74. The van der Waals surface area contributed by atoms with Gasteiger partial charge in [0.15, 0.2) is 5.78 Å². The van der Waals surface area contributed by atoms with Gasteiger partial charge in [-0.05, 0) is 42.3 Å². The van der Waals surface area contributed by atoms with Crippen molar-refractivity contribution in [3.8, 4) is 11.5 Å². The number of ketones is 1. The second-order valence-electron chi connectivity index (χ2n) is 6.47. The SMILES string of the molecule is COc1ccc(C(=O)c2cccc3c2[C@H](Cc2ccccc2)CO3)cc1. The minimum atomic E-state index is 0.0214. The van der Waals surface area contributed by atoms with E-state index in [4.69, 9.17) is 9.47 Å². The Bertz CT molecular complexity index is 914. The molecule has 0 amide bonds. The number of hydrogen-bond donors (Lipinski definition) is 0. The van der Waals surface area contributed by atoms with Crippen LogP contribution in [0.3, 0.4) is 0 Å². The van der Waals surface area contributed by atoms with Crippen LogP contribution in [0.25, 0.3) is 0 Å². The van der Waals surface area contributed by atoms with Gasteiger partial charge in [-0.1, -0.05) is 42.5 Å². The lowest BCUT2D eigenvalue weighted by Crippen LogP contribution is -2.10. The first kappa shape index (κ1) is 16.4. The highest BCUT2D eigenvalue weighted by molar-refractivity contribution is 6.10. The molecule has 4 rings (SSSR count). The molecule has 1 heterocycles. The molecule has 3 heteroatoms. The first-order valence-electron chi connectivity index (χ1n) is 8.74. The number of methoxy groups -OCH3 is 1. The summed E-state index contributed by atoms with van der Waals surface area (Å²) in [5, 5.41) is 0. The molecule has 0 unspecified atom stereocenters. The standard InChI is InChI=1S/C23H20O3/c1-25-19-12-10-17(11-13-19)23(24)20-8-5-9-21-22(20)18(15-26-21)14-16-6-3-2-4-7-16/h2-13,18H,14-15H2,1H3/t18-/m1/s1. The van der Waals surface area contributed by atoms with E-state index in [0.29, 0.717) is 12.2 Å². The van der Waals surface area contributed by atoms with Crippen LogP contribution in [0.2, 0.25) is 0 Å². The molecule has 3 aromatic carbocycles. The monoisotopic (exact) mass is 344 g/mol. The summed E-state index contributed by atoms with van der Waals surface area (Å²) in [6, 6.07) is 23.3. The van der Waals surface area contributed by atoms with Crippen molar-refractivity contribution in [3.05, 3.63) is 95.1 Å². The molecular formula is C23H20O3. The Hall–Kier alpha value is -3.07. The Morgan fingerprint density at radius 2 is 1.77 bits per heavy atom. The van der Waals surface area contributed by atoms with Gasteiger partial charge < -0.3 is 9.47 Å². The van der Waals surface area contributed by atoms with Crippen LogP contribution in [-0.4, -0.2) is 19.5 Å². The third kappa shape index (κ3) is 3.08. The van der Waals surface area contributed by atoms with Gasteiger partial charge in [0.2, 0.25) is 0 Å². The van der Waals surface area contributed by atoms with Crippen LogP contribution >= 0.6 is 0 Å². The molecule has 0 saturated heterocycles. The number of fused-ring (bicyclic) bond motifs is 1. The summed E-state index contributed by atoms with van der Waals surface area (Å²) in [5.74, 6) is 1.77. The molecule has 130 valence electrons. The fraction of sp³-hybridized carbons (Fsp3) is 0.174. The number of carbonyl (C=O) groups is 1. The second kappa shape index (κ2) is 7.04. The summed E-state index contributed by atoms with van der Waals surface area (Å²) in [4.78, 5) is 13.1. The number of rotatable bonds is 5. The van der Waals surface area contributed by atoms with Crippen LogP contribution in [0.4, 0.5) is 0 Å². The van der Waals surface area contributed by atoms with Crippen LogP contribution in [0.1, 0.15) is 33.0 Å². The average Bonchev–Trinajstić information content (AvgIpc) is 3.11. The van der Waals surface area contributed by atoms with Crippen molar-refractivity contribution in [3.63, 3.8) is 0 Å². The normalized spacial score (nSPS) is 15.2. The Kier molecular flexibility index (Phi) is 4.44. The second-order valence-corrected chi connectivity index (χ2v) is 6.47. The van der Waals surface area contributed by atoms with Crippen molar-refractivity contribution >= 4 is 5.78 Å². The van der Waals surface area contributed by atoms with Gasteiger partial charge in [-0.15, -0.1) is 0 Å². The summed E-state index contributed by atoms with van der Waals surface area (Å²) < 4.78 is 11.1. The molecule has 0 spiro atoms. The van der Waals surface area contributed by atoms with Gasteiger partial charge in [-0.25, -0.2) is 0 Å². The van der Waals surface area contributed by atoms with Crippen molar-refractivity contribution in [1.82, 2.24) is 0 Å². The van der Waals surface area contributed by atoms with E-state index in [9.17, 15) is 4.79 Å². The van der Waals surface area contributed by atoms with Crippen LogP contribution in [0.5, 0.6) is 11.5 Å². The molecule has 0 bridgehead atoms. The highest BCUT2D eigenvalue weighted by atomic mass is 16.5. The van der Waals surface area contributed by atoms with Gasteiger partial charge in [0.25, 0.3) is 0 Å². The lowest BCUT2D eigenvalue weighted by Gasteiger charge is -2.13. The molecular weight excluding hydrogens is 324 g/mol. The van der Waals surface area contributed by atoms with E-state index >= 15 is 0 Å². The predicted octanol–water partition coefficient (Wildman–Crippen LogP) is 4.64. The van der Waals surface area contributed by atoms with Crippen LogP contribution in [-0.2, 0) is 6.42 Å². The fourth-order valence-electron chi connectivity index (χ4n) is 3.52. The molecule has 0 aromatic heterocycles. The van der Waals surface area contributed by atoms with Crippen LogP contribution in [0, 0.1) is 0 Å². The predicted molar refractivity (Wildman–Crippen MR) is 101 cm³/mol. The maximum atomic E-state index is 13.1. The van der Waals surface area contributed by atoms with Gasteiger partial charge in [0, 0.05) is 22.6 Å². The average molecular weight is 344 g/mol. The number of hydrogen-bond acceptors (Lipinski definition) is 3. The molecule has 1 atom stereocenters. The molecule has 3 nitrogen and oxygen atoms in total. The van der Waals surface area contributed by atoms with E-state index in [2.05, 4.69) is 12.1 Å². The van der Waals surface area contributed by atoms with Crippen molar-refractivity contribution in [2.24, 2.45) is 0 Å². The van der Waals surface area contributed by atoms with E-state index in [1.165, 1.54) is 5.56 Å². The molecule has 1 aliphatic heterocycles. The molecule has 26 heavy (non-hydrogen) atoms. The van der Waals surface area contributed by atoms with Crippen molar-refractivity contribution in [2.45, 2.75) is 12.3 Å². The summed E-state index contributed by atoms with van der Waals surface area (Å²) in [6.45, 7) is 0.608. The Morgan fingerprint density at radius 3 is 2.50 bits per heavy atom. The minimum absolute atomic E-state index is 0.0214. The largest absolute Gasteiger partial charge is 0.497 e. The quantitative estimate of drug-likeness (QED) is 0.632. The van der Waals surface area contributed by atoms with Crippen LogP contribution in [0.15, 0.2) is 72.8 Å². The Balaban J connectivity index is 1.67. The van der Waals surface area contributed by atoms with Crippen LogP contribution < -0.4 is 9.47 Å². The van der Waals surface area contributed by atoms with E-state index in [0.717, 1.165) is 29.0 Å². The zero-order chi connectivity index (χ0) is 17.9. The summed E-state index contributed by atoms with van der Waals surface area (Å²) in [6.07, 6.45) is 0.862. The molecule has 0 saturated carbocycles. The minimum Gasteiger partial charge on any atom is -0.497 e. The third-order valence-corrected chi connectivity index (χ3v) is 4.84.